The first kappa shape index (κ1) is 15.9. The van der Waals surface area contributed by atoms with Crippen molar-refractivity contribution < 1.29 is 4.79 Å². The van der Waals surface area contributed by atoms with E-state index in [0.29, 0.717) is 10.8 Å². The van der Waals surface area contributed by atoms with Crippen molar-refractivity contribution in [2.75, 3.05) is 11.6 Å². The fraction of sp³-hybridized carbons (Fsp3) is 0.0625. The Morgan fingerprint density at radius 1 is 1.25 bits per heavy atom. The smallest absolute Gasteiger partial charge is 0.248 e. The molecule has 1 N–H and O–H groups in total. The molecule has 7 nitrogen and oxygen atoms in total. The number of amides is 1. The third-order valence-corrected chi connectivity index (χ3v) is 3.69. The van der Waals surface area contributed by atoms with Crippen molar-refractivity contribution in [3.63, 3.8) is 0 Å². The maximum Gasteiger partial charge on any atom is 0.248 e. The highest BCUT2D eigenvalue weighted by molar-refractivity contribution is 7.98. The standard InChI is InChI=1S/C16H14N6OS/c1-24-16-19-20-21-22(16)14-7-4-6-13(11-14)18-15(23)9-8-12-5-2-3-10-17-12/h2-11H,1H3,(H,18,23)/b9-8-. The number of benzene rings is 1. The van der Waals surface area contributed by atoms with Crippen LogP contribution in [0.25, 0.3) is 11.8 Å². The summed E-state index contributed by atoms with van der Waals surface area (Å²) in [6.45, 7) is 0. The minimum atomic E-state index is -0.236. The van der Waals surface area contributed by atoms with E-state index in [2.05, 4.69) is 25.8 Å². The molecule has 2 heterocycles. The van der Waals surface area contributed by atoms with Crippen LogP contribution in [0.2, 0.25) is 0 Å². The van der Waals surface area contributed by atoms with Crippen LogP contribution in [0.1, 0.15) is 5.69 Å². The zero-order valence-corrected chi connectivity index (χ0v) is 13.6. The summed E-state index contributed by atoms with van der Waals surface area (Å²) in [7, 11) is 0. The molecule has 24 heavy (non-hydrogen) atoms. The number of hydrogen-bond donors (Lipinski definition) is 1. The summed E-state index contributed by atoms with van der Waals surface area (Å²) in [6.07, 6.45) is 6.68. The lowest BCUT2D eigenvalue weighted by Gasteiger charge is -2.06. The zero-order valence-electron chi connectivity index (χ0n) is 12.8. The monoisotopic (exact) mass is 338 g/mol. The predicted molar refractivity (Wildman–Crippen MR) is 92.8 cm³/mol. The van der Waals surface area contributed by atoms with E-state index in [4.69, 9.17) is 0 Å². The van der Waals surface area contributed by atoms with Crippen LogP contribution in [0.5, 0.6) is 0 Å². The fourth-order valence-corrected chi connectivity index (χ4v) is 2.44. The second-order valence-corrected chi connectivity index (χ2v) is 5.48. The zero-order chi connectivity index (χ0) is 16.8. The molecule has 120 valence electrons. The second-order valence-electron chi connectivity index (χ2n) is 4.70. The minimum absolute atomic E-state index is 0.236. The summed E-state index contributed by atoms with van der Waals surface area (Å²) >= 11 is 1.44. The minimum Gasteiger partial charge on any atom is -0.322 e. The summed E-state index contributed by atoms with van der Waals surface area (Å²) in [6, 6.07) is 12.8. The lowest BCUT2D eigenvalue weighted by atomic mass is 10.2. The van der Waals surface area contributed by atoms with Crippen LogP contribution in [-0.4, -0.2) is 37.4 Å². The normalized spacial score (nSPS) is 10.9. The van der Waals surface area contributed by atoms with Gasteiger partial charge in [0.15, 0.2) is 0 Å². The molecule has 3 aromatic rings. The second kappa shape index (κ2) is 7.51. The fourth-order valence-electron chi connectivity index (χ4n) is 2.00. The molecule has 0 aliphatic rings. The Hall–Kier alpha value is -3.00. The molecule has 2 aromatic heterocycles. The largest absolute Gasteiger partial charge is 0.322 e. The summed E-state index contributed by atoms with van der Waals surface area (Å²) < 4.78 is 1.62. The number of carbonyl (C=O) groups excluding carboxylic acids is 1. The van der Waals surface area contributed by atoms with Gasteiger partial charge < -0.3 is 5.32 Å². The van der Waals surface area contributed by atoms with Crippen molar-refractivity contribution in [2.24, 2.45) is 0 Å². The van der Waals surface area contributed by atoms with E-state index >= 15 is 0 Å². The van der Waals surface area contributed by atoms with Crippen molar-refractivity contribution in [3.05, 3.63) is 60.4 Å². The average Bonchev–Trinajstić information content (AvgIpc) is 3.10. The van der Waals surface area contributed by atoms with Crippen molar-refractivity contribution in [2.45, 2.75) is 5.16 Å². The first-order valence-corrected chi connectivity index (χ1v) is 8.31. The Morgan fingerprint density at radius 3 is 2.96 bits per heavy atom. The van der Waals surface area contributed by atoms with Gasteiger partial charge in [0, 0.05) is 18.0 Å². The van der Waals surface area contributed by atoms with Crippen LogP contribution in [-0.2, 0) is 4.79 Å². The molecule has 8 heteroatoms. The van der Waals surface area contributed by atoms with Crippen LogP contribution in [0.4, 0.5) is 5.69 Å². The molecule has 0 unspecified atom stereocenters. The number of carbonyl (C=O) groups is 1. The maximum absolute atomic E-state index is 12.0. The third-order valence-electron chi connectivity index (χ3n) is 3.07. The summed E-state index contributed by atoms with van der Waals surface area (Å²) in [5.74, 6) is -0.236. The van der Waals surface area contributed by atoms with Crippen molar-refractivity contribution >= 4 is 29.4 Å². The van der Waals surface area contributed by atoms with E-state index in [0.717, 1.165) is 11.4 Å². The number of anilines is 1. The molecule has 0 saturated carbocycles. The van der Waals surface area contributed by atoms with Crippen LogP contribution < -0.4 is 5.32 Å². The van der Waals surface area contributed by atoms with E-state index in [-0.39, 0.29) is 5.91 Å². The van der Waals surface area contributed by atoms with Gasteiger partial charge in [0.05, 0.1) is 11.4 Å². The lowest BCUT2D eigenvalue weighted by molar-refractivity contribution is -0.111. The van der Waals surface area contributed by atoms with Gasteiger partial charge in [-0.2, -0.15) is 4.68 Å². The number of pyridine rings is 1. The Kier molecular flexibility index (Phi) is 4.97. The summed E-state index contributed by atoms with van der Waals surface area (Å²) in [5, 5.41) is 15.0. The molecule has 3 rings (SSSR count). The molecule has 1 aromatic carbocycles. The Morgan fingerprint density at radius 2 is 2.17 bits per heavy atom. The van der Waals surface area contributed by atoms with Gasteiger partial charge in [-0.25, -0.2) is 0 Å². The van der Waals surface area contributed by atoms with Crippen molar-refractivity contribution in [3.8, 4) is 5.69 Å². The van der Waals surface area contributed by atoms with Crippen LogP contribution in [0, 0.1) is 0 Å². The first-order valence-electron chi connectivity index (χ1n) is 7.09. The Labute approximate surface area is 142 Å². The molecule has 0 atom stereocenters. The first-order chi connectivity index (χ1) is 11.8. The number of hydrogen-bond acceptors (Lipinski definition) is 6. The summed E-state index contributed by atoms with van der Waals surface area (Å²) in [5.41, 5.74) is 2.15. The van der Waals surface area contributed by atoms with Crippen LogP contribution >= 0.6 is 11.8 Å². The van der Waals surface area contributed by atoms with Gasteiger partial charge in [0.25, 0.3) is 0 Å². The maximum atomic E-state index is 12.0. The Balaban J connectivity index is 1.73. The molecule has 0 fully saturated rings. The van der Waals surface area contributed by atoms with Crippen LogP contribution in [0.3, 0.4) is 0 Å². The number of nitrogens with one attached hydrogen (secondary N) is 1. The number of rotatable bonds is 5. The van der Waals surface area contributed by atoms with E-state index in [9.17, 15) is 4.79 Å². The van der Waals surface area contributed by atoms with Gasteiger partial charge in [0.2, 0.25) is 11.1 Å². The molecule has 1 amide bonds. The molecule has 0 spiro atoms. The highest BCUT2D eigenvalue weighted by atomic mass is 32.2. The molecule has 0 aliphatic heterocycles. The molecule has 0 saturated heterocycles. The van der Waals surface area contributed by atoms with Gasteiger partial charge in [-0.3, -0.25) is 9.78 Å². The SMILES string of the molecule is CSc1nnnn1-c1cccc(NC(=O)/C=C\c2ccccn2)c1. The van der Waals surface area contributed by atoms with E-state index in [1.54, 1.807) is 23.0 Å². The van der Waals surface area contributed by atoms with Gasteiger partial charge >= 0.3 is 0 Å². The van der Waals surface area contributed by atoms with Gasteiger partial charge in [0.1, 0.15) is 0 Å². The van der Waals surface area contributed by atoms with Gasteiger partial charge in [-0.15, -0.1) is 5.10 Å². The third kappa shape index (κ3) is 3.85. The lowest BCUT2D eigenvalue weighted by Crippen LogP contribution is -2.08. The number of thioether (sulfide) groups is 1. The van der Waals surface area contributed by atoms with E-state index in [1.807, 2.05) is 42.7 Å². The number of aromatic nitrogens is 5. The summed E-state index contributed by atoms with van der Waals surface area (Å²) in [4.78, 5) is 16.2. The quantitative estimate of drug-likeness (QED) is 0.568. The van der Waals surface area contributed by atoms with Crippen LogP contribution in [0.15, 0.2) is 59.9 Å². The van der Waals surface area contributed by atoms with E-state index < -0.39 is 0 Å². The molecular weight excluding hydrogens is 324 g/mol. The van der Waals surface area contributed by atoms with Crippen molar-refractivity contribution in [1.29, 1.82) is 0 Å². The molecular formula is C16H14N6OS. The topological polar surface area (TPSA) is 85.6 Å². The molecule has 0 bridgehead atoms. The van der Waals surface area contributed by atoms with Crippen molar-refractivity contribution in [1.82, 2.24) is 25.2 Å². The van der Waals surface area contributed by atoms with Gasteiger partial charge in [-0.05, 0) is 53.1 Å². The average molecular weight is 338 g/mol. The number of tetrazole rings is 1. The molecule has 0 radical (unpaired) electrons. The van der Waals surface area contributed by atoms with E-state index in [1.165, 1.54) is 17.8 Å². The molecule has 0 aliphatic carbocycles. The highest BCUT2D eigenvalue weighted by Crippen LogP contribution is 2.18. The Bertz CT molecular complexity index is 862. The highest BCUT2D eigenvalue weighted by Gasteiger charge is 2.08. The number of nitrogens with zero attached hydrogens (tertiary/aromatic N) is 5. The van der Waals surface area contributed by atoms with Gasteiger partial charge in [-0.1, -0.05) is 23.9 Å². The predicted octanol–water partition coefficient (Wildman–Crippen LogP) is 2.43.